The highest BCUT2D eigenvalue weighted by atomic mass is 16.2. The van der Waals surface area contributed by atoms with Crippen molar-refractivity contribution in [3.63, 3.8) is 0 Å². The molecule has 2 aromatic rings. The van der Waals surface area contributed by atoms with Gasteiger partial charge in [-0.3, -0.25) is 5.32 Å². The van der Waals surface area contributed by atoms with Crippen LogP contribution in [0.5, 0.6) is 0 Å². The van der Waals surface area contributed by atoms with Crippen molar-refractivity contribution in [3.05, 3.63) is 48.2 Å². The average Bonchev–Trinajstić information content (AvgIpc) is 2.78. The van der Waals surface area contributed by atoms with Crippen LogP contribution < -0.4 is 10.6 Å². The maximum absolute atomic E-state index is 11.5. The number of anilines is 2. The van der Waals surface area contributed by atoms with Crippen molar-refractivity contribution in [2.75, 3.05) is 10.6 Å². The number of para-hydroxylation sites is 1. The van der Waals surface area contributed by atoms with Crippen LogP contribution in [0.2, 0.25) is 0 Å². The van der Waals surface area contributed by atoms with Crippen molar-refractivity contribution >= 4 is 17.5 Å². The highest BCUT2D eigenvalue weighted by Gasteiger charge is 2.02. The number of rotatable bonds is 2. The minimum Gasteiger partial charge on any atom is -0.348 e. The molecule has 0 unspecified atom stereocenters. The smallest absolute Gasteiger partial charge is 0.324 e. The number of benzene rings is 1. The zero-order valence-corrected chi connectivity index (χ0v) is 10.9. The van der Waals surface area contributed by atoms with Crippen molar-refractivity contribution in [2.45, 2.75) is 20.8 Å². The lowest BCUT2D eigenvalue weighted by Gasteiger charge is -2.05. The number of H-pyrrole nitrogens is 1. The van der Waals surface area contributed by atoms with Gasteiger partial charge in [0.15, 0.2) is 0 Å². The van der Waals surface area contributed by atoms with E-state index in [9.17, 15) is 4.79 Å². The first-order valence-electron chi connectivity index (χ1n) is 6.02. The molecule has 0 spiro atoms. The molecule has 1 aromatic carbocycles. The highest BCUT2D eigenvalue weighted by molar-refractivity contribution is 5.99. The maximum atomic E-state index is 11.5. The Morgan fingerprint density at radius 3 is 2.33 bits per heavy atom. The number of amides is 2. The summed E-state index contributed by atoms with van der Waals surface area (Å²) < 4.78 is 0. The first-order chi connectivity index (χ1) is 8.74. The molecule has 0 aliphatic carbocycles. The fraction of sp³-hybridized carbons (Fsp3) is 0.214. The molecule has 0 fully saturated rings. The molecule has 0 aliphatic rings. The summed E-state index contributed by atoms with van der Waals surface area (Å²) in [6.07, 6.45) is 1.83. The van der Waals surface area contributed by atoms with Crippen LogP contribution in [0.15, 0.2) is 42.6 Å². The molecule has 2 amide bonds. The van der Waals surface area contributed by atoms with E-state index in [1.165, 1.54) is 0 Å². The first-order valence-corrected chi connectivity index (χ1v) is 6.02. The lowest BCUT2D eigenvalue weighted by Crippen LogP contribution is -2.19. The third-order valence-corrected chi connectivity index (χ3v) is 2.11. The third kappa shape index (κ3) is 4.33. The Bertz CT molecular complexity index is 477. The summed E-state index contributed by atoms with van der Waals surface area (Å²) in [5.74, 6) is 0.686. The summed E-state index contributed by atoms with van der Waals surface area (Å²) in [6, 6.07) is 10.9. The number of hydrogen-bond donors (Lipinski definition) is 3. The van der Waals surface area contributed by atoms with E-state index in [1.54, 1.807) is 0 Å². The van der Waals surface area contributed by atoms with Gasteiger partial charge in [0, 0.05) is 11.9 Å². The normalized spacial score (nSPS) is 9.06. The van der Waals surface area contributed by atoms with Gasteiger partial charge in [-0.15, -0.1) is 0 Å². The summed E-state index contributed by atoms with van der Waals surface area (Å²) in [6.45, 7) is 5.96. The van der Waals surface area contributed by atoms with Gasteiger partial charge in [-0.1, -0.05) is 32.0 Å². The molecule has 4 nitrogen and oxygen atoms in total. The zero-order chi connectivity index (χ0) is 13.4. The number of aromatic amines is 1. The van der Waals surface area contributed by atoms with E-state index in [0.717, 1.165) is 11.3 Å². The van der Waals surface area contributed by atoms with Gasteiger partial charge in [-0.05, 0) is 30.7 Å². The Hall–Kier alpha value is -2.23. The molecule has 0 saturated heterocycles. The lowest BCUT2D eigenvalue weighted by molar-refractivity contribution is 0.262. The second-order valence-electron chi connectivity index (χ2n) is 3.54. The number of carbonyl (C=O) groups is 1. The van der Waals surface area contributed by atoms with Crippen molar-refractivity contribution in [2.24, 2.45) is 0 Å². The Kier molecular flexibility index (Phi) is 5.51. The predicted molar refractivity (Wildman–Crippen MR) is 76.0 cm³/mol. The molecule has 0 aliphatic heterocycles. The molecule has 1 aromatic heterocycles. The van der Waals surface area contributed by atoms with E-state index in [1.807, 2.05) is 63.4 Å². The third-order valence-electron chi connectivity index (χ3n) is 2.11. The van der Waals surface area contributed by atoms with Gasteiger partial charge in [-0.25, -0.2) is 4.79 Å². The summed E-state index contributed by atoms with van der Waals surface area (Å²) in [5, 5.41) is 5.44. The Morgan fingerprint density at radius 1 is 1.11 bits per heavy atom. The van der Waals surface area contributed by atoms with Crippen LogP contribution in [0.4, 0.5) is 16.3 Å². The van der Waals surface area contributed by atoms with E-state index in [2.05, 4.69) is 15.6 Å². The van der Waals surface area contributed by atoms with Crippen molar-refractivity contribution in [1.29, 1.82) is 0 Å². The SMILES string of the molecule is CC.Cc1c[nH]c(NC(=O)Nc2ccccc2)c1. The largest absolute Gasteiger partial charge is 0.348 e. The maximum Gasteiger partial charge on any atom is 0.324 e. The monoisotopic (exact) mass is 245 g/mol. The second-order valence-corrected chi connectivity index (χ2v) is 3.54. The standard InChI is InChI=1S/C12H13N3O.C2H6/c1-9-7-11(13-8-9)15-12(16)14-10-5-3-2-4-6-10;1-2/h2-8,13H,1H3,(H2,14,15,16);1-2H3. The van der Waals surface area contributed by atoms with Crippen molar-refractivity contribution in [3.8, 4) is 0 Å². The molecule has 3 N–H and O–H groups in total. The summed E-state index contributed by atoms with van der Waals surface area (Å²) in [4.78, 5) is 14.5. The number of nitrogens with one attached hydrogen (secondary N) is 3. The van der Waals surface area contributed by atoms with E-state index in [-0.39, 0.29) is 6.03 Å². The van der Waals surface area contributed by atoms with Crippen LogP contribution in [-0.2, 0) is 0 Å². The van der Waals surface area contributed by atoms with E-state index < -0.39 is 0 Å². The van der Waals surface area contributed by atoms with Gasteiger partial charge in [0.2, 0.25) is 0 Å². The number of urea groups is 1. The van der Waals surface area contributed by atoms with Gasteiger partial charge >= 0.3 is 6.03 Å². The quantitative estimate of drug-likeness (QED) is 0.736. The van der Waals surface area contributed by atoms with Gasteiger partial charge in [0.25, 0.3) is 0 Å². The van der Waals surface area contributed by atoms with Gasteiger partial charge < -0.3 is 10.3 Å². The Morgan fingerprint density at radius 2 is 1.78 bits per heavy atom. The lowest BCUT2D eigenvalue weighted by atomic mass is 10.3. The molecular weight excluding hydrogens is 226 g/mol. The molecule has 0 saturated carbocycles. The number of hydrogen-bond acceptors (Lipinski definition) is 1. The van der Waals surface area contributed by atoms with Crippen LogP contribution in [0.3, 0.4) is 0 Å². The predicted octanol–water partition coefficient (Wildman–Crippen LogP) is 3.99. The molecule has 0 radical (unpaired) electrons. The van der Waals surface area contributed by atoms with E-state index in [0.29, 0.717) is 5.82 Å². The number of aryl methyl sites for hydroxylation is 1. The zero-order valence-electron chi connectivity index (χ0n) is 10.9. The molecule has 1 heterocycles. The average molecular weight is 245 g/mol. The molecular formula is C14H19N3O. The number of carbonyl (C=O) groups excluding carboxylic acids is 1. The van der Waals surface area contributed by atoms with Gasteiger partial charge in [0.1, 0.15) is 5.82 Å². The topological polar surface area (TPSA) is 56.9 Å². The van der Waals surface area contributed by atoms with E-state index in [4.69, 9.17) is 0 Å². The van der Waals surface area contributed by atoms with Crippen LogP contribution in [0.1, 0.15) is 19.4 Å². The second kappa shape index (κ2) is 7.17. The minimum atomic E-state index is -0.256. The first kappa shape index (κ1) is 13.8. The molecule has 2 rings (SSSR count). The molecule has 96 valence electrons. The number of aromatic nitrogens is 1. The van der Waals surface area contributed by atoms with Crippen LogP contribution in [0.25, 0.3) is 0 Å². The van der Waals surface area contributed by atoms with Crippen LogP contribution >= 0.6 is 0 Å². The molecule has 0 bridgehead atoms. The van der Waals surface area contributed by atoms with Crippen LogP contribution in [-0.4, -0.2) is 11.0 Å². The van der Waals surface area contributed by atoms with Crippen molar-refractivity contribution in [1.82, 2.24) is 4.98 Å². The summed E-state index contributed by atoms with van der Waals surface area (Å²) >= 11 is 0. The highest BCUT2D eigenvalue weighted by Crippen LogP contribution is 2.09. The molecule has 18 heavy (non-hydrogen) atoms. The van der Waals surface area contributed by atoms with Gasteiger partial charge in [0.05, 0.1) is 0 Å². The Labute approximate surface area is 107 Å². The van der Waals surface area contributed by atoms with E-state index >= 15 is 0 Å². The fourth-order valence-corrected chi connectivity index (χ4v) is 1.38. The summed E-state index contributed by atoms with van der Waals surface area (Å²) in [5.41, 5.74) is 1.85. The Balaban J connectivity index is 0.000000771. The van der Waals surface area contributed by atoms with Crippen LogP contribution in [0, 0.1) is 6.92 Å². The fourth-order valence-electron chi connectivity index (χ4n) is 1.38. The summed E-state index contributed by atoms with van der Waals surface area (Å²) in [7, 11) is 0. The minimum absolute atomic E-state index is 0.256. The van der Waals surface area contributed by atoms with Gasteiger partial charge in [-0.2, -0.15) is 0 Å². The molecule has 0 atom stereocenters. The molecule has 4 heteroatoms. The van der Waals surface area contributed by atoms with Crippen molar-refractivity contribution < 1.29 is 4.79 Å².